The van der Waals surface area contributed by atoms with Gasteiger partial charge >= 0.3 is 5.97 Å². The van der Waals surface area contributed by atoms with Crippen LogP contribution >= 0.6 is 0 Å². The molecule has 1 unspecified atom stereocenters. The molecule has 6 atom stereocenters. The highest BCUT2D eigenvalue weighted by molar-refractivity contribution is 5.73. The molecule has 10 heteroatoms. The van der Waals surface area contributed by atoms with Gasteiger partial charge in [0, 0.05) is 6.92 Å². The fourth-order valence-electron chi connectivity index (χ4n) is 1.88. The van der Waals surface area contributed by atoms with E-state index < -0.39 is 61.8 Å². The number of nitrogens with one attached hydrogen (secondary N) is 1. The van der Waals surface area contributed by atoms with Gasteiger partial charge in [-0.2, -0.15) is 0 Å². The van der Waals surface area contributed by atoms with Crippen LogP contribution in [0, 0.1) is 0 Å². The first-order chi connectivity index (χ1) is 9.77. The lowest BCUT2D eigenvalue weighted by Gasteiger charge is -2.42. The van der Waals surface area contributed by atoms with Gasteiger partial charge in [-0.25, -0.2) is 0 Å². The summed E-state index contributed by atoms with van der Waals surface area (Å²) in [5.74, 6) is -1.80. The van der Waals surface area contributed by atoms with Gasteiger partial charge in [-0.1, -0.05) is 0 Å². The molecule has 1 fully saturated rings. The second-order valence-electron chi connectivity index (χ2n) is 4.71. The molecule has 0 spiro atoms. The molecule has 10 nitrogen and oxygen atoms in total. The van der Waals surface area contributed by atoms with Gasteiger partial charge < -0.3 is 41.0 Å². The van der Waals surface area contributed by atoms with Crippen LogP contribution in [-0.2, 0) is 19.1 Å². The summed E-state index contributed by atoms with van der Waals surface area (Å²) in [4.78, 5) is 21.7. The minimum atomic E-state index is -1.45. The third-order valence-corrected chi connectivity index (χ3v) is 3.01. The Morgan fingerprint density at radius 1 is 1.38 bits per heavy atom. The molecular weight excluding hydrogens is 288 g/mol. The number of carbonyl (C=O) groups excluding carboxylic acids is 1. The van der Waals surface area contributed by atoms with Crippen molar-refractivity contribution >= 4 is 11.9 Å². The molecule has 1 aliphatic rings. The van der Waals surface area contributed by atoms with Gasteiger partial charge in [0.15, 0.2) is 6.29 Å². The fraction of sp³-hybridized carbons (Fsp3) is 0.818. The Kier molecular flexibility index (Phi) is 6.45. The zero-order valence-corrected chi connectivity index (χ0v) is 11.4. The molecule has 1 amide bonds. The number of aliphatic hydroxyl groups is 3. The summed E-state index contributed by atoms with van der Waals surface area (Å²) in [5.41, 5.74) is 5.28. The second-order valence-corrected chi connectivity index (χ2v) is 4.71. The summed E-state index contributed by atoms with van der Waals surface area (Å²) >= 11 is 0. The SMILES string of the molecule is CC(=O)N[C@@H]1[C@@H](OC[C@H](N)C(=O)O)OC(CO)[C@H](O)[C@@H]1O. The van der Waals surface area contributed by atoms with Gasteiger partial charge in [0.2, 0.25) is 5.91 Å². The largest absolute Gasteiger partial charge is 0.480 e. The van der Waals surface area contributed by atoms with Crippen molar-refractivity contribution in [3.63, 3.8) is 0 Å². The molecular formula is C11H20N2O8. The molecule has 0 bridgehead atoms. The average Bonchev–Trinajstić information content (AvgIpc) is 2.42. The number of carbonyl (C=O) groups is 2. The van der Waals surface area contributed by atoms with Gasteiger partial charge in [-0.15, -0.1) is 0 Å². The van der Waals surface area contributed by atoms with Crippen molar-refractivity contribution in [3.05, 3.63) is 0 Å². The van der Waals surface area contributed by atoms with Crippen LogP contribution in [-0.4, -0.2) is 82.2 Å². The predicted molar refractivity (Wildman–Crippen MR) is 66.9 cm³/mol. The minimum Gasteiger partial charge on any atom is -0.480 e. The van der Waals surface area contributed by atoms with Crippen molar-refractivity contribution in [2.75, 3.05) is 13.2 Å². The van der Waals surface area contributed by atoms with E-state index in [1.165, 1.54) is 6.92 Å². The van der Waals surface area contributed by atoms with Crippen molar-refractivity contribution in [3.8, 4) is 0 Å². The second kappa shape index (κ2) is 7.64. The van der Waals surface area contributed by atoms with Crippen LogP contribution in [0.3, 0.4) is 0 Å². The molecule has 0 aromatic rings. The molecule has 21 heavy (non-hydrogen) atoms. The summed E-state index contributed by atoms with van der Waals surface area (Å²) in [6, 6.07) is -2.44. The van der Waals surface area contributed by atoms with Crippen LogP contribution in [0.1, 0.15) is 6.92 Å². The van der Waals surface area contributed by atoms with E-state index >= 15 is 0 Å². The Morgan fingerprint density at radius 3 is 2.48 bits per heavy atom. The Bertz CT molecular complexity index is 379. The summed E-state index contributed by atoms with van der Waals surface area (Å²) in [7, 11) is 0. The molecule has 1 rings (SSSR count). The normalized spacial score (nSPS) is 34.2. The minimum absolute atomic E-state index is 0.433. The Balaban J connectivity index is 2.78. The molecule has 0 aromatic carbocycles. The van der Waals surface area contributed by atoms with Crippen LogP contribution in [0.2, 0.25) is 0 Å². The number of rotatable bonds is 6. The van der Waals surface area contributed by atoms with E-state index in [4.69, 9.17) is 25.4 Å². The van der Waals surface area contributed by atoms with Crippen LogP contribution in [0.5, 0.6) is 0 Å². The fourth-order valence-corrected chi connectivity index (χ4v) is 1.88. The highest BCUT2D eigenvalue weighted by atomic mass is 16.7. The predicted octanol–water partition coefficient (Wildman–Crippen LogP) is -3.64. The number of carboxylic acid groups (broad SMARTS) is 1. The molecule has 0 radical (unpaired) electrons. The number of carboxylic acids is 1. The standard InChI is InChI=1S/C11H20N2O8/c1-4(15)13-7-9(17)8(16)6(2-14)21-11(7)20-3-5(12)10(18)19/h5-9,11,14,16-17H,2-3,12H2,1H3,(H,13,15)(H,18,19)/t5-,6?,7-,8-,9+,11-/m0/s1. The first kappa shape index (κ1) is 17.8. The van der Waals surface area contributed by atoms with Crippen molar-refractivity contribution in [2.24, 2.45) is 5.73 Å². The van der Waals surface area contributed by atoms with Gasteiger partial charge in [-0.3, -0.25) is 9.59 Å². The quantitative estimate of drug-likeness (QED) is 0.289. The molecule has 0 saturated carbocycles. The lowest BCUT2D eigenvalue weighted by molar-refractivity contribution is -0.270. The Morgan fingerprint density at radius 2 is 2.00 bits per heavy atom. The van der Waals surface area contributed by atoms with Crippen LogP contribution in [0.15, 0.2) is 0 Å². The van der Waals surface area contributed by atoms with Crippen molar-refractivity contribution in [1.29, 1.82) is 0 Å². The molecule has 0 aliphatic carbocycles. The summed E-state index contributed by atoms with van der Waals surface area (Å²) in [5, 5.41) is 39.8. The van der Waals surface area contributed by atoms with E-state index in [1.54, 1.807) is 0 Å². The van der Waals surface area contributed by atoms with E-state index in [-0.39, 0.29) is 0 Å². The summed E-state index contributed by atoms with van der Waals surface area (Å²) in [6.07, 6.45) is -5.27. The van der Waals surface area contributed by atoms with E-state index in [0.717, 1.165) is 0 Å². The highest BCUT2D eigenvalue weighted by Gasteiger charge is 2.45. The number of amides is 1. The molecule has 1 heterocycles. The maximum atomic E-state index is 11.1. The van der Waals surface area contributed by atoms with E-state index in [1.807, 2.05) is 0 Å². The first-order valence-electron chi connectivity index (χ1n) is 6.27. The molecule has 1 saturated heterocycles. The zero-order chi connectivity index (χ0) is 16.2. The maximum absolute atomic E-state index is 11.1. The smallest absolute Gasteiger partial charge is 0.322 e. The van der Waals surface area contributed by atoms with Crippen LogP contribution < -0.4 is 11.1 Å². The third-order valence-electron chi connectivity index (χ3n) is 3.01. The molecule has 0 aromatic heterocycles. The zero-order valence-electron chi connectivity index (χ0n) is 11.4. The Labute approximate surface area is 120 Å². The number of hydrogen-bond donors (Lipinski definition) is 6. The number of hydrogen-bond acceptors (Lipinski definition) is 8. The average molecular weight is 308 g/mol. The van der Waals surface area contributed by atoms with E-state index in [0.29, 0.717) is 0 Å². The number of aliphatic carboxylic acids is 1. The number of aliphatic hydroxyl groups excluding tert-OH is 3. The summed E-state index contributed by atoms with van der Waals surface area (Å²) < 4.78 is 10.4. The van der Waals surface area contributed by atoms with Crippen LogP contribution in [0.4, 0.5) is 0 Å². The maximum Gasteiger partial charge on any atom is 0.322 e. The topological polar surface area (TPSA) is 172 Å². The van der Waals surface area contributed by atoms with E-state index in [2.05, 4.69) is 5.32 Å². The molecule has 122 valence electrons. The highest BCUT2D eigenvalue weighted by Crippen LogP contribution is 2.22. The van der Waals surface area contributed by atoms with Crippen molar-refractivity contribution < 1.29 is 39.5 Å². The van der Waals surface area contributed by atoms with Gasteiger partial charge in [-0.05, 0) is 0 Å². The summed E-state index contributed by atoms with van der Waals surface area (Å²) in [6.45, 7) is 0.171. The lowest BCUT2D eigenvalue weighted by atomic mass is 9.97. The molecule has 7 N–H and O–H groups in total. The van der Waals surface area contributed by atoms with Crippen molar-refractivity contribution in [1.82, 2.24) is 5.32 Å². The number of ether oxygens (including phenoxy) is 2. The van der Waals surface area contributed by atoms with E-state index in [9.17, 15) is 19.8 Å². The van der Waals surface area contributed by atoms with Crippen molar-refractivity contribution in [2.45, 2.75) is 43.6 Å². The molecule has 1 aliphatic heterocycles. The number of nitrogens with two attached hydrogens (primary N) is 1. The third kappa shape index (κ3) is 4.59. The monoisotopic (exact) mass is 308 g/mol. The Hall–Kier alpha value is -1.30. The first-order valence-corrected chi connectivity index (χ1v) is 6.27. The van der Waals surface area contributed by atoms with Gasteiger partial charge in [0.1, 0.15) is 30.4 Å². The van der Waals surface area contributed by atoms with Gasteiger partial charge in [0.25, 0.3) is 0 Å². The lowest BCUT2D eigenvalue weighted by Crippen LogP contribution is -2.64. The van der Waals surface area contributed by atoms with Crippen LogP contribution in [0.25, 0.3) is 0 Å². The van der Waals surface area contributed by atoms with Gasteiger partial charge in [0.05, 0.1) is 13.2 Å².